The molecule has 0 aliphatic carbocycles. The maximum absolute atomic E-state index is 14.2. The van der Waals surface area contributed by atoms with Gasteiger partial charge < -0.3 is 10.2 Å². The summed E-state index contributed by atoms with van der Waals surface area (Å²) in [6.45, 7) is 4.49. The van der Waals surface area contributed by atoms with Gasteiger partial charge in [0.2, 0.25) is 11.8 Å². The predicted octanol–water partition coefficient (Wildman–Crippen LogP) is 4.34. The molecule has 0 spiro atoms. The summed E-state index contributed by atoms with van der Waals surface area (Å²) in [5, 5.41) is 6.01. The Bertz CT molecular complexity index is 1090. The molecule has 1 aromatic carbocycles. The number of nitrogens with zero attached hydrogens (tertiary/aromatic N) is 2. The first-order chi connectivity index (χ1) is 14.4. The van der Waals surface area contributed by atoms with Gasteiger partial charge in [-0.15, -0.1) is 22.7 Å². The van der Waals surface area contributed by atoms with Gasteiger partial charge in [-0.1, -0.05) is 6.07 Å². The molecule has 1 N–H and O–H groups in total. The van der Waals surface area contributed by atoms with Gasteiger partial charge in [0.05, 0.1) is 27.2 Å². The first-order valence-corrected chi connectivity index (χ1v) is 11.5. The van der Waals surface area contributed by atoms with Crippen LogP contribution in [-0.4, -0.2) is 29.9 Å². The smallest absolute Gasteiger partial charge is 0.227 e. The Morgan fingerprint density at radius 1 is 1.30 bits per heavy atom. The number of thiophene rings is 1. The van der Waals surface area contributed by atoms with E-state index < -0.39 is 11.7 Å². The van der Waals surface area contributed by atoms with Crippen LogP contribution < -0.4 is 10.2 Å². The number of hydrogen-bond donors (Lipinski definition) is 1. The number of carbonyl (C=O) groups excluding carboxylic acids is 2. The molecule has 5 nitrogen and oxygen atoms in total. The molecule has 1 fully saturated rings. The summed E-state index contributed by atoms with van der Waals surface area (Å²) >= 11 is 3.30. The quantitative estimate of drug-likeness (QED) is 0.617. The number of hydrogen-bond acceptors (Lipinski definition) is 5. The van der Waals surface area contributed by atoms with Crippen molar-refractivity contribution in [3.05, 3.63) is 57.0 Å². The van der Waals surface area contributed by atoms with Crippen molar-refractivity contribution < 1.29 is 14.0 Å². The minimum Gasteiger partial charge on any atom is -0.355 e. The molecule has 8 heteroatoms. The van der Waals surface area contributed by atoms with Crippen LogP contribution in [0.25, 0.3) is 10.6 Å². The number of anilines is 1. The highest BCUT2D eigenvalue weighted by molar-refractivity contribution is 7.16. The number of aryl methyl sites for hydroxylation is 2. The number of benzene rings is 1. The zero-order chi connectivity index (χ0) is 21.3. The second-order valence-electron chi connectivity index (χ2n) is 7.42. The first-order valence-electron chi connectivity index (χ1n) is 9.76. The fraction of sp³-hybridized carbons (Fsp3) is 0.318. The van der Waals surface area contributed by atoms with E-state index >= 15 is 0 Å². The standard InChI is InChI=1S/C22H22FN3O2S2/c1-13-3-5-19(17(23)9-13)26-11-15(10-21(26)27)22(28)24-8-7-16-4-6-20(30-16)18-12-29-14(2)25-18/h3-6,9,12,15H,7-8,10-11H2,1-2H3,(H,24,28). The minimum absolute atomic E-state index is 0.103. The number of rotatable bonds is 6. The van der Waals surface area contributed by atoms with Crippen LogP contribution in [0.1, 0.15) is 21.9 Å². The Morgan fingerprint density at radius 2 is 2.13 bits per heavy atom. The zero-order valence-corrected chi connectivity index (χ0v) is 18.4. The molecule has 1 saturated heterocycles. The lowest BCUT2D eigenvalue weighted by molar-refractivity contribution is -0.126. The molecule has 1 unspecified atom stereocenters. The molecule has 1 aliphatic rings. The summed E-state index contributed by atoms with van der Waals surface area (Å²) in [6, 6.07) is 8.88. The highest BCUT2D eigenvalue weighted by Crippen LogP contribution is 2.30. The lowest BCUT2D eigenvalue weighted by Gasteiger charge is -2.17. The third-order valence-corrected chi connectivity index (χ3v) is 7.03. The van der Waals surface area contributed by atoms with Crippen LogP contribution in [0.15, 0.2) is 35.7 Å². The Labute approximate surface area is 182 Å². The summed E-state index contributed by atoms with van der Waals surface area (Å²) in [6.07, 6.45) is 0.821. The van der Waals surface area contributed by atoms with Crippen LogP contribution in [0.4, 0.5) is 10.1 Å². The number of halogens is 1. The van der Waals surface area contributed by atoms with E-state index in [1.165, 1.54) is 15.8 Å². The molecule has 1 atom stereocenters. The maximum Gasteiger partial charge on any atom is 0.227 e. The average Bonchev–Trinajstić information content (AvgIpc) is 3.42. The summed E-state index contributed by atoms with van der Waals surface area (Å²) in [7, 11) is 0. The summed E-state index contributed by atoms with van der Waals surface area (Å²) < 4.78 is 14.2. The number of thiazole rings is 1. The van der Waals surface area contributed by atoms with Gasteiger partial charge in [-0.05, 0) is 50.1 Å². The van der Waals surface area contributed by atoms with E-state index in [4.69, 9.17) is 0 Å². The molecular weight excluding hydrogens is 421 g/mol. The molecule has 0 saturated carbocycles. The Kier molecular flexibility index (Phi) is 5.97. The van der Waals surface area contributed by atoms with E-state index in [0.29, 0.717) is 6.54 Å². The number of amides is 2. The van der Waals surface area contributed by atoms with Crippen molar-refractivity contribution in [1.82, 2.24) is 10.3 Å². The summed E-state index contributed by atoms with van der Waals surface area (Å²) in [5.74, 6) is -1.28. The van der Waals surface area contributed by atoms with Crippen LogP contribution in [0.5, 0.6) is 0 Å². The third kappa shape index (κ3) is 4.44. The van der Waals surface area contributed by atoms with Gasteiger partial charge in [0.25, 0.3) is 0 Å². The Balaban J connectivity index is 1.30. The second-order valence-corrected chi connectivity index (χ2v) is 9.65. The topological polar surface area (TPSA) is 62.3 Å². The van der Waals surface area contributed by atoms with Crippen molar-refractivity contribution in [2.24, 2.45) is 5.92 Å². The molecular formula is C22H22FN3O2S2. The van der Waals surface area contributed by atoms with Gasteiger partial charge in [0.1, 0.15) is 5.82 Å². The largest absolute Gasteiger partial charge is 0.355 e. The first kappa shape index (κ1) is 20.7. The van der Waals surface area contributed by atoms with Gasteiger partial charge in [-0.3, -0.25) is 9.59 Å². The number of nitrogens with one attached hydrogen (secondary N) is 1. The van der Waals surface area contributed by atoms with Crippen LogP contribution in [0.3, 0.4) is 0 Å². The number of aromatic nitrogens is 1. The molecule has 156 valence electrons. The molecule has 0 bridgehead atoms. The highest BCUT2D eigenvalue weighted by Gasteiger charge is 2.36. The maximum atomic E-state index is 14.2. The van der Waals surface area contributed by atoms with Crippen LogP contribution in [-0.2, 0) is 16.0 Å². The van der Waals surface area contributed by atoms with E-state index in [2.05, 4.69) is 22.4 Å². The van der Waals surface area contributed by atoms with Gasteiger partial charge in [-0.2, -0.15) is 0 Å². The summed E-state index contributed by atoms with van der Waals surface area (Å²) in [5.41, 5.74) is 2.02. The van der Waals surface area contributed by atoms with Gasteiger partial charge in [0.15, 0.2) is 0 Å². The molecule has 2 amide bonds. The second kappa shape index (κ2) is 8.65. The molecule has 0 radical (unpaired) electrons. The SMILES string of the molecule is Cc1ccc(N2CC(C(=O)NCCc3ccc(-c4csc(C)n4)s3)CC2=O)c(F)c1. The molecule has 1 aliphatic heterocycles. The van der Waals surface area contributed by atoms with Crippen molar-refractivity contribution in [1.29, 1.82) is 0 Å². The van der Waals surface area contributed by atoms with Crippen LogP contribution in [0, 0.1) is 25.6 Å². The average molecular weight is 444 g/mol. The van der Waals surface area contributed by atoms with Crippen LogP contribution >= 0.6 is 22.7 Å². The van der Waals surface area contributed by atoms with Crippen molar-refractivity contribution in [2.75, 3.05) is 18.0 Å². The lowest BCUT2D eigenvalue weighted by Crippen LogP contribution is -2.34. The van der Waals surface area contributed by atoms with Crippen molar-refractivity contribution >= 4 is 40.2 Å². The molecule has 3 heterocycles. The normalized spacial score (nSPS) is 16.3. The van der Waals surface area contributed by atoms with Gasteiger partial charge >= 0.3 is 0 Å². The zero-order valence-electron chi connectivity index (χ0n) is 16.8. The third-order valence-electron chi connectivity index (χ3n) is 5.09. The lowest BCUT2D eigenvalue weighted by atomic mass is 10.1. The monoisotopic (exact) mass is 443 g/mol. The van der Waals surface area contributed by atoms with Gasteiger partial charge in [0, 0.05) is 29.8 Å². The van der Waals surface area contributed by atoms with Crippen LogP contribution in [0.2, 0.25) is 0 Å². The van der Waals surface area contributed by atoms with Crippen molar-refractivity contribution in [2.45, 2.75) is 26.7 Å². The molecule has 3 aromatic rings. The van der Waals surface area contributed by atoms with Gasteiger partial charge in [-0.25, -0.2) is 9.37 Å². The van der Waals surface area contributed by atoms with Crippen molar-refractivity contribution in [3.8, 4) is 10.6 Å². The molecule has 30 heavy (non-hydrogen) atoms. The van der Waals surface area contributed by atoms with E-state index in [-0.39, 0.29) is 30.5 Å². The highest BCUT2D eigenvalue weighted by atomic mass is 32.1. The minimum atomic E-state index is -0.463. The predicted molar refractivity (Wildman–Crippen MR) is 118 cm³/mol. The fourth-order valence-electron chi connectivity index (χ4n) is 3.53. The van der Waals surface area contributed by atoms with E-state index in [1.807, 2.05) is 12.3 Å². The molecule has 2 aromatic heterocycles. The molecule has 4 rings (SSSR count). The summed E-state index contributed by atoms with van der Waals surface area (Å²) in [4.78, 5) is 33.0. The van der Waals surface area contributed by atoms with E-state index in [1.54, 1.807) is 41.7 Å². The fourth-order valence-corrected chi connectivity index (χ4v) is 5.18. The Morgan fingerprint density at radius 3 is 2.87 bits per heavy atom. The van der Waals surface area contributed by atoms with E-state index in [9.17, 15) is 14.0 Å². The number of carbonyl (C=O) groups is 2. The van der Waals surface area contributed by atoms with Crippen molar-refractivity contribution in [3.63, 3.8) is 0 Å². The van der Waals surface area contributed by atoms with E-state index in [0.717, 1.165) is 27.6 Å². The Hall–Kier alpha value is -2.58.